The van der Waals surface area contributed by atoms with Crippen molar-refractivity contribution in [2.45, 2.75) is 13.5 Å². The fourth-order valence-corrected chi connectivity index (χ4v) is 1.68. The first-order valence-electron chi connectivity index (χ1n) is 4.46. The van der Waals surface area contributed by atoms with Crippen LogP contribution in [0.3, 0.4) is 0 Å². The summed E-state index contributed by atoms with van der Waals surface area (Å²) in [5.74, 6) is -0.437. The topological polar surface area (TPSA) is 35.5 Å². The molecule has 0 aliphatic rings. The van der Waals surface area contributed by atoms with Crippen molar-refractivity contribution in [2.24, 2.45) is 0 Å². The highest BCUT2D eigenvalue weighted by Gasteiger charge is 2.12. The molecule has 6 heteroatoms. The molecule has 0 unspecified atom stereocenters. The second-order valence-corrected chi connectivity index (χ2v) is 3.91. The van der Waals surface area contributed by atoms with Crippen molar-refractivity contribution in [3.8, 4) is 5.75 Å². The smallest absolute Gasteiger partial charge is 0.387 e. The Labute approximate surface area is 105 Å². The number of benzene rings is 1. The summed E-state index contributed by atoms with van der Waals surface area (Å²) in [4.78, 5) is 11.3. The predicted octanol–water partition coefficient (Wildman–Crippen LogP) is 3.07. The first-order valence-corrected chi connectivity index (χ1v) is 5.54. The van der Waals surface area contributed by atoms with Crippen LogP contribution in [0.2, 0.25) is 0 Å². The van der Waals surface area contributed by atoms with Gasteiger partial charge in [-0.15, -0.1) is 0 Å². The summed E-state index contributed by atoms with van der Waals surface area (Å²) in [6, 6.07) is 4.15. The summed E-state index contributed by atoms with van der Waals surface area (Å²) in [6.45, 7) is -0.913. The fraction of sp³-hybridized carbons (Fsp3) is 0.300. The molecule has 1 aromatic carbocycles. The van der Waals surface area contributed by atoms with E-state index in [1.165, 1.54) is 18.2 Å². The van der Waals surface area contributed by atoms with Crippen molar-refractivity contribution < 1.29 is 23.0 Å². The van der Waals surface area contributed by atoms with Gasteiger partial charge in [0.25, 0.3) is 0 Å². The van der Waals surface area contributed by atoms with Gasteiger partial charge in [-0.3, -0.25) is 0 Å². The Morgan fingerprint density at radius 2 is 2.19 bits per heavy atom. The van der Waals surface area contributed by atoms with E-state index in [0.717, 1.165) is 0 Å². The molecule has 1 rings (SSSR count). The van der Waals surface area contributed by atoms with Gasteiger partial charge in [0.2, 0.25) is 0 Å². The van der Waals surface area contributed by atoms with E-state index in [1.54, 1.807) is 6.92 Å². The summed E-state index contributed by atoms with van der Waals surface area (Å²) in [6.07, 6.45) is 0. The molecule has 0 spiro atoms. The summed E-state index contributed by atoms with van der Waals surface area (Å²) in [5, 5.41) is 0. The Morgan fingerprint density at radius 3 is 2.69 bits per heavy atom. The first kappa shape index (κ1) is 13.1. The van der Waals surface area contributed by atoms with Crippen molar-refractivity contribution in [1.82, 2.24) is 0 Å². The van der Waals surface area contributed by atoms with Gasteiger partial charge in [0.15, 0.2) is 0 Å². The minimum atomic E-state index is -2.87. The maximum absolute atomic E-state index is 12.0. The maximum Gasteiger partial charge on any atom is 0.387 e. The average Bonchev–Trinajstić information content (AvgIpc) is 2.20. The first-order chi connectivity index (χ1) is 7.54. The van der Waals surface area contributed by atoms with Crippen LogP contribution < -0.4 is 4.74 Å². The largest absolute Gasteiger partial charge is 0.462 e. The Morgan fingerprint density at radius 1 is 1.50 bits per heavy atom. The molecule has 0 amide bonds. The van der Waals surface area contributed by atoms with Crippen LogP contribution in [0.4, 0.5) is 8.78 Å². The normalized spacial score (nSPS) is 10.3. The highest BCUT2D eigenvalue weighted by Crippen LogP contribution is 2.24. The summed E-state index contributed by atoms with van der Waals surface area (Å²) < 4.78 is 33.4. The number of alkyl halides is 2. The Kier molecular flexibility index (Phi) is 4.91. The lowest BCUT2D eigenvalue weighted by Crippen LogP contribution is -2.07. The number of hydrogen-bond donors (Lipinski definition) is 0. The van der Waals surface area contributed by atoms with Crippen LogP contribution in [0.15, 0.2) is 18.2 Å². The highest BCUT2D eigenvalue weighted by atomic mass is 127. The third-order valence-corrected chi connectivity index (χ3v) is 2.50. The Balaban J connectivity index is 2.86. The number of carbonyl (C=O) groups excluding carboxylic acids is 1. The lowest BCUT2D eigenvalue weighted by atomic mass is 10.2. The average molecular weight is 342 g/mol. The van der Waals surface area contributed by atoms with E-state index >= 15 is 0 Å². The van der Waals surface area contributed by atoms with E-state index in [0.29, 0.717) is 9.13 Å². The number of hydrogen-bond acceptors (Lipinski definition) is 3. The minimum Gasteiger partial charge on any atom is -0.462 e. The third-order valence-electron chi connectivity index (χ3n) is 1.66. The zero-order valence-corrected chi connectivity index (χ0v) is 10.5. The van der Waals surface area contributed by atoms with E-state index in [-0.39, 0.29) is 12.4 Å². The Hall–Kier alpha value is -0.920. The molecule has 0 aliphatic carbocycles. The van der Waals surface area contributed by atoms with Gasteiger partial charge in [-0.2, -0.15) is 8.78 Å². The van der Waals surface area contributed by atoms with Gasteiger partial charge < -0.3 is 9.47 Å². The SMILES string of the molecule is CCOC(=O)c1ccc(OC(F)F)c(I)c1. The van der Waals surface area contributed by atoms with Crippen molar-refractivity contribution in [1.29, 1.82) is 0 Å². The lowest BCUT2D eigenvalue weighted by molar-refractivity contribution is -0.0504. The standard InChI is InChI=1S/C10H9F2IO3/c1-2-15-9(14)6-3-4-8(7(13)5-6)16-10(11)12/h3-5,10H,2H2,1H3. The summed E-state index contributed by atoms with van der Waals surface area (Å²) in [5.41, 5.74) is 0.313. The molecule has 0 saturated carbocycles. The molecule has 0 heterocycles. The van der Waals surface area contributed by atoms with Crippen LogP contribution in [-0.4, -0.2) is 19.2 Å². The third kappa shape index (κ3) is 3.58. The molecule has 88 valence electrons. The maximum atomic E-state index is 12.0. The molecule has 1 aromatic rings. The van der Waals surface area contributed by atoms with E-state index in [9.17, 15) is 13.6 Å². The molecule has 0 bridgehead atoms. The molecule has 0 aromatic heterocycles. The van der Waals surface area contributed by atoms with Crippen LogP contribution in [0.1, 0.15) is 17.3 Å². The van der Waals surface area contributed by atoms with E-state index in [4.69, 9.17) is 4.74 Å². The van der Waals surface area contributed by atoms with E-state index in [2.05, 4.69) is 4.74 Å². The van der Waals surface area contributed by atoms with Gasteiger partial charge in [0, 0.05) is 0 Å². The minimum absolute atomic E-state index is 0.0450. The molecule has 0 saturated heterocycles. The summed E-state index contributed by atoms with van der Waals surface area (Å²) >= 11 is 1.81. The van der Waals surface area contributed by atoms with Gasteiger partial charge in [-0.1, -0.05) is 0 Å². The monoisotopic (exact) mass is 342 g/mol. The predicted molar refractivity (Wildman–Crippen MR) is 61.7 cm³/mol. The highest BCUT2D eigenvalue weighted by molar-refractivity contribution is 14.1. The van der Waals surface area contributed by atoms with Crippen molar-refractivity contribution >= 4 is 28.6 Å². The van der Waals surface area contributed by atoms with Crippen molar-refractivity contribution in [3.05, 3.63) is 27.3 Å². The summed E-state index contributed by atoms with van der Waals surface area (Å²) in [7, 11) is 0. The molecule has 0 fully saturated rings. The number of halogens is 3. The second-order valence-electron chi connectivity index (χ2n) is 2.74. The lowest BCUT2D eigenvalue weighted by Gasteiger charge is -2.08. The molecule has 0 radical (unpaired) electrons. The number of carbonyl (C=O) groups is 1. The van der Waals surface area contributed by atoms with Crippen LogP contribution in [0, 0.1) is 3.57 Å². The second kappa shape index (κ2) is 5.97. The molecule has 0 aliphatic heterocycles. The Bertz CT molecular complexity index is 382. The number of rotatable bonds is 4. The molecular weight excluding hydrogens is 333 g/mol. The van der Waals surface area contributed by atoms with Crippen LogP contribution in [-0.2, 0) is 4.74 Å². The van der Waals surface area contributed by atoms with E-state index in [1.807, 2.05) is 22.6 Å². The number of ether oxygens (including phenoxy) is 2. The molecule has 0 atom stereocenters. The van der Waals surface area contributed by atoms with Gasteiger partial charge in [0.1, 0.15) is 5.75 Å². The van der Waals surface area contributed by atoms with Crippen LogP contribution in [0.5, 0.6) is 5.75 Å². The quantitative estimate of drug-likeness (QED) is 0.623. The molecular formula is C10H9F2IO3. The van der Waals surface area contributed by atoms with Crippen molar-refractivity contribution in [2.75, 3.05) is 6.61 Å². The zero-order chi connectivity index (χ0) is 12.1. The van der Waals surface area contributed by atoms with Crippen LogP contribution >= 0.6 is 22.6 Å². The van der Waals surface area contributed by atoms with Crippen LogP contribution in [0.25, 0.3) is 0 Å². The van der Waals surface area contributed by atoms with E-state index < -0.39 is 12.6 Å². The van der Waals surface area contributed by atoms with Crippen molar-refractivity contribution in [3.63, 3.8) is 0 Å². The van der Waals surface area contributed by atoms with Gasteiger partial charge in [-0.05, 0) is 47.7 Å². The molecule has 3 nitrogen and oxygen atoms in total. The molecule has 16 heavy (non-hydrogen) atoms. The number of esters is 1. The van der Waals surface area contributed by atoms with Gasteiger partial charge >= 0.3 is 12.6 Å². The zero-order valence-electron chi connectivity index (χ0n) is 8.38. The fourth-order valence-electron chi connectivity index (χ4n) is 1.03. The van der Waals surface area contributed by atoms with Gasteiger partial charge in [0.05, 0.1) is 15.7 Å². The van der Waals surface area contributed by atoms with Gasteiger partial charge in [-0.25, -0.2) is 4.79 Å². The molecule has 0 N–H and O–H groups in total.